The molecule has 0 unspecified atom stereocenters. The first kappa shape index (κ1) is 14.9. The lowest BCUT2D eigenvalue weighted by Gasteiger charge is -2.32. The van der Waals surface area contributed by atoms with Crippen LogP contribution in [-0.2, 0) is 9.31 Å². The standard InChI is InChI=1S/C15H21BN2O2/c1-6-18-13-9-12(8-7-11(13)10-17)16-19-14(2,3)15(4,5)20-16/h7-9,18H,6H2,1-5H3. The maximum Gasteiger partial charge on any atom is 0.494 e. The van der Waals surface area contributed by atoms with Crippen molar-refractivity contribution in [3.8, 4) is 6.07 Å². The summed E-state index contributed by atoms with van der Waals surface area (Å²) in [4.78, 5) is 0. The van der Waals surface area contributed by atoms with Crippen LogP contribution in [0.15, 0.2) is 18.2 Å². The minimum absolute atomic E-state index is 0.357. The van der Waals surface area contributed by atoms with Crippen LogP contribution in [0.5, 0.6) is 0 Å². The highest BCUT2D eigenvalue weighted by Crippen LogP contribution is 2.36. The third-order valence-corrected chi connectivity index (χ3v) is 4.06. The largest absolute Gasteiger partial charge is 0.494 e. The van der Waals surface area contributed by atoms with Gasteiger partial charge in [0.05, 0.1) is 22.5 Å². The van der Waals surface area contributed by atoms with Crippen molar-refractivity contribution in [2.75, 3.05) is 11.9 Å². The summed E-state index contributed by atoms with van der Waals surface area (Å²) in [6.07, 6.45) is 0. The molecule has 1 saturated heterocycles. The van der Waals surface area contributed by atoms with E-state index in [-0.39, 0.29) is 11.2 Å². The topological polar surface area (TPSA) is 54.3 Å². The average Bonchev–Trinajstić information content (AvgIpc) is 2.59. The number of benzene rings is 1. The summed E-state index contributed by atoms with van der Waals surface area (Å²) in [5.41, 5.74) is 1.67. The van der Waals surface area contributed by atoms with E-state index in [0.29, 0.717) is 5.56 Å². The van der Waals surface area contributed by atoms with Crippen LogP contribution in [-0.4, -0.2) is 24.9 Å². The van der Waals surface area contributed by atoms with Gasteiger partial charge in [-0.15, -0.1) is 0 Å². The fourth-order valence-electron chi connectivity index (χ4n) is 2.12. The van der Waals surface area contributed by atoms with Gasteiger partial charge in [0.1, 0.15) is 6.07 Å². The van der Waals surface area contributed by atoms with E-state index in [1.165, 1.54) is 0 Å². The van der Waals surface area contributed by atoms with E-state index in [4.69, 9.17) is 14.6 Å². The highest BCUT2D eigenvalue weighted by molar-refractivity contribution is 6.62. The lowest BCUT2D eigenvalue weighted by molar-refractivity contribution is 0.00578. The minimum Gasteiger partial charge on any atom is -0.399 e. The highest BCUT2D eigenvalue weighted by Gasteiger charge is 2.51. The summed E-state index contributed by atoms with van der Waals surface area (Å²) in [5, 5.41) is 12.3. The van der Waals surface area contributed by atoms with E-state index in [2.05, 4.69) is 11.4 Å². The quantitative estimate of drug-likeness (QED) is 0.858. The van der Waals surface area contributed by atoms with Gasteiger partial charge >= 0.3 is 7.12 Å². The van der Waals surface area contributed by atoms with Crippen molar-refractivity contribution in [3.05, 3.63) is 23.8 Å². The van der Waals surface area contributed by atoms with Crippen LogP contribution in [0.1, 0.15) is 40.2 Å². The first-order valence-corrected chi connectivity index (χ1v) is 6.94. The molecule has 1 aliphatic heterocycles. The number of hydrogen-bond acceptors (Lipinski definition) is 4. The Morgan fingerprint density at radius 2 is 1.80 bits per heavy atom. The number of hydrogen-bond donors (Lipinski definition) is 1. The Labute approximate surface area is 121 Å². The van der Waals surface area contributed by atoms with E-state index in [1.54, 1.807) is 6.07 Å². The Kier molecular flexibility index (Phi) is 3.81. The van der Waals surface area contributed by atoms with Gasteiger partial charge in [-0.1, -0.05) is 6.07 Å². The molecular formula is C15H21BN2O2. The predicted octanol–water partition coefficient (Wildman–Crippen LogP) is 2.29. The molecular weight excluding hydrogens is 251 g/mol. The first-order valence-electron chi connectivity index (χ1n) is 6.94. The molecule has 1 N–H and O–H groups in total. The molecule has 0 radical (unpaired) electrons. The van der Waals surface area contributed by atoms with E-state index < -0.39 is 7.12 Å². The SMILES string of the molecule is CCNc1cc(B2OC(C)(C)C(C)(C)O2)ccc1C#N. The fraction of sp³-hybridized carbons (Fsp3) is 0.533. The van der Waals surface area contributed by atoms with Crippen molar-refractivity contribution in [2.24, 2.45) is 0 Å². The number of nitriles is 1. The van der Waals surface area contributed by atoms with E-state index in [1.807, 2.05) is 46.8 Å². The van der Waals surface area contributed by atoms with Crippen molar-refractivity contribution < 1.29 is 9.31 Å². The molecule has 0 aromatic heterocycles. The van der Waals surface area contributed by atoms with Crippen LogP contribution >= 0.6 is 0 Å². The molecule has 0 atom stereocenters. The van der Waals surface area contributed by atoms with E-state index in [0.717, 1.165) is 17.7 Å². The van der Waals surface area contributed by atoms with Gasteiger partial charge in [-0.25, -0.2) is 0 Å². The van der Waals surface area contributed by atoms with Crippen molar-refractivity contribution in [1.82, 2.24) is 0 Å². The van der Waals surface area contributed by atoms with Crippen LogP contribution in [0, 0.1) is 11.3 Å². The second-order valence-electron chi connectivity index (χ2n) is 6.04. The second-order valence-corrected chi connectivity index (χ2v) is 6.04. The lowest BCUT2D eigenvalue weighted by Crippen LogP contribution is -2.41. The zero-order valence-corrected chi connectivity index (χ0v) is 12.8. The maximum atomic E-state index is 9.11. The Bertz CT molecular complexity index is 533. The highest BCUT2D eigenvalue weighted by atomic mass is 16.7. The monoisotopic (exact) mass is 272 g/mol. The van der Waals surface area contributed by atoms with Crippen LogP contribution in [0.2, 0.25) is 0 Å². The molecule has 106 valence electrons. The van der Waals surface area contributed by atoms with Crippen LogP contribution in [0.25, 0.3) is 0 Å². The van der Waals surface area contributed by atoms with Crippen molar-refractivity contribution >= 4 is 18.3 Å². The van der Waals surface area contributed by atoms with Crippen LogP contribution in [0.3, 0.4) is 0 Å². The lowest BCUT2D eigenvalue weighted by atomic mass is 9.78. The maximum absolute atomic E-state index is 9.11. The Morgan fingerprint density at radius 1 is 1.20 bits per heavy atom. The van der Waals surface area contributed by atoms with Crippen LogP contribution in [0.4, 0.5) is 5.69 Å². The Hall–Kier alpha value is -1.51. The van der Waals surface area contributed by atoms with Gasteiger partial charge in [0, 0.05) is 6.54 Å². The molecule has 20 heavy (non-hydrogen) atoms. The molecule has 1 aromatic carbocycles. The zero-order chi connectivity index (χ0) is 15.0. The summed E-state index contributed by atoms with van der Waals surface area (Å²) in [7, 11) is -0.398. The first-order chi connectivity index (χ1) is 9.30. The van der Waals surface area contributed by atoms with Gasteiger partial charge in [0.25, 0.3) is 0 Å². The molecule has 2 rings (SSSR count). The molecule has 0 bridgehead atoms. The predicted molar refractivity (Wildman–Crippen MR) is 81.0 cm³/mol. The third kappa shape index (κ3) is 2.54. The number of nitrogens with zero attached hydrogens (tertiary/aromatic N) is 1. The van der Waals surface area contributed by atoms with Gasteiger partial charge in [-0.3, -0.25) is 0 Å². The molecule has 0 aliphatic carbocycles. The molecule has 5 heteroatoms. The summed E-state index contributed by atoms with van der Waals surface area (Å²) in [6, 6.07) is 7.82. The van der Waals surface area contributed by atoms with Crippen molar-refractivity contribution in [2.45, 2.75) is 45.8 Å². The molecule has 0 spiro atoms. The molecule has 1 fully saturated rings. The number of rotatable bonds is 3. The van der Waals surface area contributed by atoms with Gasteiger partial charge < -0.3 is 14.6 Å². The smallest absolute Gasteiger partial charge is 0.399 e. The summed E-state index contributed by atoms with van der Waals surface area (Å²) in [5.74, 6) is 0. The Balaban J connectivity index is 2.32. The zero-order valence-electron chi connectivity index (χ0n) is 12.8. The molecule has 1 heterocycles. The van der Waals surface area contributed by atoms with E-state index >= 15 is 0 Å². The minimum atomic E-state index is -0.398. The molecule has 1 aliphatic rings. The van der Waals surface area contributed by atoms with Gasteiger partial charge in [0.2, 0.25) is 0 Å². The molecule has 1 aromatic rings. The number of nitrogens with one attached hydrogen (secondary N) is 1. The van der Waals surface area contributed by atoms with Gasteiger partial charge in [-0.2, -0.15) is 5.26 Å². The third-order valence-electron chi connectivity index (χ3n) is 4.06. The summed E-state index contributed by atoms with van der Waals surface area (Å²) >= 11 is 0. The van der Waals surface area contributed by atoms with Crippen molar-refractivity contribution in [3.63, 3.8) is 0 Å². The Morgan fingerprint density at radius 3 is 2.30 bits per heavy atom. The second kappa shape index (κ2) is 5.12. The van der Waals surface area contributed by atoms with Crippen molar-refractivity contribution in [1.29, 1.82) is 5.26 Å². The normalized spacial score (nSPS) is 19.7. The summed E-state index contributed by atoms with van der Waals surface area (Å²) in [6.45, 7) is 10.9. The van der Waals surface area contributed by atoms with E-state index in [9.17, 15) is 0 Å². The average molecular weight is 272 g/mol. The van der Waals surface area contributed by atoms with Gasteiger partial charge in [0.15, 0.2) is 0 Å². The fourth-order valence-corrected chi connectivity index (χ4v) is 2.12. The van der Waals surface area contributed by atoms with Gasteiger partial charge in [-0.05, 0) is 52.2 Å². The van der Waals surface area contributed by atoms with Crippen LogP contribution < -0.4 is 10.8 Å². The molecule has 0 saturated carbocycles. The summed E-state index contributed by atoms with van der Waals surface area (Å²) < 4.78 is 12.0. The molecule has 4 nitrogen and oxygen atoms in total. The number of anilines is 1. The molecule has 0 amide bonds.